The third kappa shape index (κ3) is 3.57. The van der Waals surface area contributed by atoms with Crippen molar-refractivity contribution in [2.24, 2.45) is 11.8 Å². The topological polar surface area (TPSA) is 52.7 Å². The van der Waals surface area contributed by atoms with Gasteiger partial charge >= 0.3 is 0 Å². The zero-order valence-electron chi connectivity index (χ0n) is 12.9. The number of nitrogens with one attached hydrogen (secondary N) is 1. The van der Waals surface area contributed by atoms with Crippen molar-refractivity contribution in [2.75, 3.05) is 39.3 Å². The van der Waals surface area contributed by atoms with Gasteiger partial charge in [-0.25, -0.2) is 0 Å². The van der Waals surface area contributed by atoms with Gasteiger partial charge in [-0.3, -0.25) is 9.59 Å². The average molecular weight is 293 g/mol. The van der Waals surface area contributed by atoms with Crippen molar-refractivity contribution in [3.05, 3.63) is 0 Å². The van der Waals surface area contributed by atoms with Crippen LogP contribution in [0.4, 0.5) is 0 Å². The maximum atomic E-state index is 12.4. The Hall–Kier alpha value is -1.10. The van der Waals surface area contributed by atoms with E-state index in [1.165, 1.54) is 25.7 Å². The minimum atomic E-state index is 0.172. The third-order valence-electron chi connectivity index (χ3n) is 5.23. The lowest BCUT2D eigenvalue weighted by Gasteiger charge is -2.31. The molecular weight excluding hydrogens is 266 g/mol. The molecule has 3 fully saturated rings. The van der Waals surface area contributed by atoms with Crippen LogP contribution in [0.25, 0.3) is 0 Å². The van der Waals surface area contributed by atoms with Crippen molar-refractivity contribution >= 4 is 11.8 Å². The highest BCUT2D eigenvalue weighted by Crippen LogP contribution is 2.28. The largest absolute Gasteiger partial charge is 0.341 e. The second kappa shape index (κ2) is 6.77. The van der Waals surface area contributed by atoms with Gasteiger partial charge in [0.05, 0.1) is 5.92 Å². The summed E-state index contributed by atoms with van der Waals surface area (Å²) in [5.41, 5.74) is 0. The zero-order chi connectivity index (χ0) is 14.7. The first-order valence-corrected chi connectivity index (χ1v) is 8.51. The number of hydrogen-bond acceptors (Lipinski definition) is 3. The lowest BCUT2D eigenvalue weighted by Crippen LogP contribution is -2.52. The number of amides is 2. The van der Waals surface area contributed by atoms with E-state index in [4.69, 9.17) is 0 Å². The molecule has 1 aliphatic carbocycles. The van der Waals surface area contributed by atoms with E-state index in [-0.39, 0.29) is 11.8 Å². The fourth-order valence-electron chi connectivity index (χ4n) is 3.70. The summed E-state index contributed by atoms with van der Waals surface area (Å²) in [6.07, 6.45) is 6.66. The zero-order valence-corrected chi connectivity index (χ0v) is 12.9. The van der Waals surface area contributed by atoms with Crippen LogP contribution in [0.1, 0.15) is 38.5 Å². The summed E-state index contributed by atoms with van der Waals surface area (Å²) in [4.78, 5) is 28.6. The molecule has 0 aromatic carbocycles. The number of carbonyl (C=O) groups excluding carboxylic acids is 2. The number of nitrogens with zero attached hydrogens (tertiary/aromatic N) is 2. The van der Waals surface area contributed by atoms with Crippen molar-refractivity contribution in [1.29, 1.82) is 0 Å². The molecule has 0 spiro atoms. The van der Waals surface area contributed by atoms with Crippen LogP contribution in [0.5, 0.6) is 0 Å². The van der Waals surface area contributed by atoms with Crippen molar-refractivity contribution in [3.63, 3.8) is 0 Å². The van der Waals surface area contributed by atoms with Gasteiger partial charge in [0, 0.05) is 45.7 Å². The van der Waals surface area contributed by atoms with E-state index in [1.54, 1.807) is 0 Å². The first-order valence-electron chi connectivity index (χ1n) is 8.51. The molecule has 118 valence electrons. The Bertz CT molecular complexity index is 389. The number of rotatable bonds is 3. The minimum Gasteiger partial charge on any atom is -0.341 e. The van der Waals surface area contributed by atoms with Crippen LogP contribution in [0.3, 0.4) is 0 Å². The summed E-state index contributed by atoms with van der Waals surface area (Å²) in [6, 6.07) is 0. The van der Waals surface area contributed by atoms with Crippen molar-refractivity contribution in [3.8, 4) is 0 Å². The summed E-state index contributed by atoms with van der Waals surface area (Å²) in [7, 11) is 0. The van der Waals surface area contributed by atoms with Crippen LogP contribution in [0, 0.1) is 11.8 Å². The molecule has 0 radical (unpaired) electrons. The van der Waals surface area contributed by atoms with E-state index in [2.05, 4.69) is 5.32 Å². The predicted octanol–water partition coefficient (Wildman–Crippen LogP) is 0.847. The van der Waals surface area contributed by atoms with E-state index in [0.717, 1.165) is 45.6 Å². The summed E-state index contributed by atoms with van der Waals surface area (Å²) in [5, 5.41) is 3.15. The third-order valence-corrected chi connectivity index (χ3v) is 5.23. The number of carbonyl (C=O) groups is 2. The Balaban J connectivity index is 1.47. The SMILES string of the molecule is O=C(CC1CCCC1)N1CCCN(C(=O)C2CNC2)CC1. The average Bonchev–Trinajstić information content (AvgIpc) is 2.78. The van der Waals surface area contributed by atoms with Gasteiger partial charge in [-0.2, -0.15) is 0 Å². The fraction of sp³-hybridized carbons (Fsp3) is 0.875. The van der Waals surface area contributed by atoms with Gasteiger partial charge in [-0.1, -0.05) is 12.8 Å². The van der Waals surface area contributed by atoms with E-state index < -0.39 is 0 Å². The lowest BCUT2D eigenvalue weighted by atomic mass is 10.0. The Morgan fingerprint density at radius 3 is 2.24 bits per heavy atom. The summed E-state index contributed by atoms with van der Waals surface area (Å²) in [6.45, 7) is 4.70. The quantitative estimate of drug-likeness (QED) is 0.839. The molecule has 0 bridgehead atoms. The summed E-state index contributed by atoms with van der Waals surface area (Å²) in [5.74, 6) is 1.37. The summed E-state index contributed by atoms with van der Waals surface area (Å²) < 4.78 is 0. The molecule has 5 nitrogen and oxygen atoms in total. The second-order valence-corrected chi connectivity index (χ2v) is 6.77. The molecule has 2 heterocycles. The molecule has 0 unspecified atom stereocenters. The summed E-state index contributed by atoms with van der Waals surface area (Å²) >= 11 is 0. The van der Waals surface area contributed by atoms with Gasteiger partial charge in [0.25, 0.3) is 0 Å². The van der Waals surface area contributed by atoms with E-state index in [9.17, 15) is 9.59 Å². The highest BCUT2D eigenvalue weighted by molar-refractivity contribution is 5.80. The highest BCUT2D eigenvalue weighted by atomic mass is 16.2. The molecule has 2 amide bonds. The lowest BCUT2D eigenvalue weighted by molar-refractivity contribution is -0.138. The van der Waals surface area contributed by atoms with Crippen LogP contribution in [0.15, 0.2) is 0 Å². The molecule has 2 aliphatic heterocycles. The van der Waals surface area contributed by atoms with Gasteiger partial charge in [0.1, 0.15) is 0 Å². The van der Waals surface area contributed by atoms with Gasteiger partial charge in [0.15, 0.2) is 0 Å². The van der Waals surface area contributed by atoms with Gasteiger partial charge in [-0.05, 0) is 25.2 Å². The molecular formula is C16H27N3O2. The smallest absolute Gasteiger partial charge is 0.228 e. The molecule has 0 atom stereocenters. The van der Waals surface area contributed by atoms with Crippen LogP contribution in [-0.4, -0.2) is 60.9 Å². The molecule has 0 aromatic rings. The normalized spacial score (nSPS) is 24.8. The van der Waals surface area contributed by atoms with E-state index in [0.29, 0.717) is 18.4 Å². The molecule has 3 aliphatic rings. The molecule has 1 saturated carbocycles. The maximum absolute atomic E-state index is 12.4. The molecule has 21 heavy (non-hydrogen) atoms. The van der Waals surface area contributed by atoms with Gasteiger partial charge < -0.3 is 15.1 Å². The van der Waals surface area contributed by atoms with Gasteiger partial charge in [-0.15, -0.1) is 0 Å². The van der Waals surface area contributed by atoms with Crippen molar-refractivity contribution in [1.82, 2.24) is 15.1 Å². The molecule has 0 aromatic heterocycles. The highest BCUT2D eigenvalue weighted by Gasteiger charge is 2.31. The van der Waals surface area contributed by atoms with Crippen molar-refractivity contribution < 1.29 is 9.59 Å². The minimum absolute atomic E-state index is 0.172. The molecule has 5 heteroatoms. The Kier molecular flexibility index (Phi) is 4.78. The van der Waals surface area contributed by atoms with Crippen LogP contribution in [0.2, 0.25) is 0 Å². The van der Waals surface area contributed by atoms with Crippen molar-refractivity contribution in [2.45, 2.75) is 38.5 Å². The van der Waals surface area contributed by atoms with E-state index >= 15 is 0 Å². The Morgan fingerprint density at radius 1 is 0.905 bits per heavy atom. The maximum Gasteiger partial charge on any atom is 0.228 e. The first-order chi connectivity index (χ1) is 10.2. The monoisotopic (exact) mass is 293 g/mol. The van der Waals surface area contributed by atoms with Crippen LogP contribution >= 0.6 is 0 Å². The predicted molar refractivity (Wildman–Crippen MR) is 80.7 cm³/mol. The Morgan fingerprint density at radius 2 is 1.57 bits per heavy atom. The van der Waals surface area contributed by atoms with Gasteiger partial charge in [0.2, 0.25) is 11.8 Å². The Labute approximate surface area is 127 Å². The standard InChI is InChI=1S/C16H27N3O2/c20-15(10-13-4-1-2-5-13)18-6-3-7-19(9-8-18)16(21)14-11-17-12-14/h13-14,17H,1-12H2. The second-order valence-electron chi connectivity index (χ2n) is 6.77. The molecule has 3 rings (SSSR count). The van der Waals surface area contributed by atoms with E-state index in [1.807, 2.05) is 9.80 Å². The molecule has 1 N–H and O–H groups in total. The number of hydrogen-bond donors (Lipinski definition) is 1. The fourth-order valence-corrected chi connectivity index (χ4v) is 3.70. The van der Waals surface area contributed by atoms with Crippen LogP contribution in [-0.2, 0) is 9.59 Å². The molecule has 2 saturated heterocycles. The first kappa shape index (κ1) is 14.8. The van der Waals surface area contributed by atoms with Crippen LogP contribution < -0.4 is 5.32 Å².